The Labute approximate surface area is 73.0 Å². The summed E-state index contributed by atoms with van der Waals surface area (Å²) in [5.74, 6) is 0.520. The van der Waals surface area contributed by atoms with Crippen molar-refractivity contribution < 1.29 is 9.84 Å². The van der Waals surface area contributed by atoms with Gasteiger partial charge in [-0.3, -0.25) is 10.3 Å². The van der Waals surface area contributed by atoms with E-state index in [-0.39, 0.29) is 6.61 Å². The first-order valence-electron chi connectivity index (χ1n) is 3.82. The number of aliphatic hydroxyl groups excluding tert-OH is 1. The Hall–Kier alpha value is -0.870. The van der Waals surface area contributed by atoms with E-state index in [4.69, 9.17) is 9.84 Å². The van der Waals surface area contributed by atoms with E-state index in [2.05, 4.69) is 10.3 Å². The van der Waals surface area contributed by atoms with E-state index in [0.29, 0.717) is 5.90 Å². The topological polar surface area (TPSA) is 53.9 Å². The number of rotatable bonds is 4. The molecule has 0 heterocycles. The maximum atomic E-state index is 9.06. The lowest BCUT2D eigenvalue weighted by molar-refractivity contribution is 0.0812. The molecule has 0 aliphatic carbocycles. The maximum Gasteiger partial charge on any atom is 0.208 e. The molecule has 0 fully saturated rings. The average molecular weight is 172 g/mol. The van der Waals surface area contributed by atoms with E-state index < -0.39 is 6.23 Å². The van der Waals surface area contributed by atoms with Crippen molar-refractivity contribution in [2.24, 2.45) is 4.99 Å². The fourth-order valence-electron chi connectivity index (χ4n) is 0.577. The quantitative estimate of drug-likeness (QED) is 0.360. The van der Waals surface area contributed by atoms with Crippen molar-refractivity contribution in [2.45, 2.75) is 13.2 Å². The van der Waals surface area contributed by atoms with Crippen LogP contribution in [0, 0.1) is 0 Å². The predicted octanol–water partition coefficient (Wildman–Crippen LogP) is 0.145. The van der Waals surface area contributed by atoms with Gasteiger partial charge in [0.15, 0.2) is 0 Å². The molecule has 70 valence electrons. The first-order valence-corrected chi connectivity index (χ1v) is 3.82. The molecule has 0 aromatic heterocycles. The third-order valence-electron chi connectivity index (χ3n) is 1.25. The zero-order valence-corrected chi connectivity index (χ0v) is 7.74. The molecule has 0 amide bonds. The summed E-state index contributed by atoms with van der Waals surface area (Å²) in [7, 11) is 3.30. The van der Waals surface area contributed by atoms with Crippen molar-refractivity contribution >= 4 is 5.90 Å². The van der Waals surface area contributed by atoms with E-state index in [9.17, 15) is 0 Å². The fourth-order valence-corrected chi connectivity index (χ4v) is 0.577. The van der Waals surface area contributed by atoms with Gasteiger partial charge in [-0.2, -0.15) is 0 Å². The number of aliphatic hydroxyl groups is 1. The Balaban J connectivity index is 3.74. The van der Waals surface area contributed by atoms with E-state index >= 15 is 0 Å². The molecule has 0 aromatic rings. The van der Waals surface area contributed by atoms with Crippen LogP contribution in [0.15, 0.2) is 17.1 Å². The van der Waals surface area contributed by atoms with E-state index in [1.165, 1.54) is 0 Å². The summed E-state index contributed by atoms with van der Waals surface area (Å²) in [4.78, 5) is 3.85. The average Bonchev–Trinajstić information content (AvgIpc) is 2.11. The van der Waals surface area contributed by atoms with Gasteiger partial charge in [0.2, 0.25) is 5.90 Å². The highest BCUT2D eigenvalue weighted by Gasteiger charge is 2.00. The molecule has 2 N–H and O–H groups in total. The number of allylic oxidation sites excluding steroid dienone is 1. The van der Waals surface area contributed by atoms with Gasteiger partial charge in [-0.05, 0) is 20.0 Å². The molecule has 0 saturated carbocycles. The van der Waals surface area contributed by atoms with Crippen molar-refractivity contribution in [3.8, 4) is 0 Å². The highest BCUT2D eigenvalue weighted by Crippen LogP contribution is 1.87. The highest BCUT2D eigenvalue weighted by molar-refractivity contribution is 5.87. The SMILES string of the molecule is C/C=C\C(=NC)OCC(O)NC. The number of ether oxygens (including phenoxy) is 1. The van der Waals surface area contributed by atoms with Crippen molar-refractivity contribution in [3.63, 3.8) is 0 Å². The number of aliphatic imine (C=N–C) groups is 1. The molecule has 0 aromatic carbocycles. The Morgan fingerprint density at radius 2 is 2.42 bits per heavy atom. The molecular weight excluding hydrogens is 156 g/mol. The van der Waals surface area contributed by atoms with Gasteiger partial charge in [0.1, 0.15) is 12.8 Å². The van der Waals surface area contributed by atoms with Gasteiger partial charge in [-0.1, -0.05) is 6.08 Å². The molecule has 4 heteroatoms. The summed E-state index contributed by atoms with van der Waals surface area (Å²) >= 11 is 0. The first kappa shape index (κ1) is 11.1. The molecule has 4 nitrogen and oxygen atoms in total. The van der Waals surface area contributed by atoms with Gasteiger partial charge in [-0.25, -0.2) is 0 Å². The van der Waals surface area contributed by atoms with Gasteiger partial charge in [0.05, 0.1) is 0 Å². The molecule has 0 saturated heterocycles. The van der Waals surface area contributed by atoms with Gasteiger partial charge in [0.25, 0.3) is 0 Å². The lowest BCUT2D eigenvalue weighted by Crippen LogP contribution is -2.30. The van der Waals surface area contributed by atoms with E-state index in [1.807, 2.05) is 13.0 Å². The smallest absolute Gasteiger partial charge is 0.208 e. The molecular formula is C8H16N2O2. The number of likely N-dealkylation sites (N-methyl/N-ethyl adjacent to an activating group) is 1. The minimum atomic E-state index is -0.646. The second kappa shape index (κ2) is 6.82. The minimum absolute atomic E-state index is 0.202. The van der Waals surface area contributed by atoms with Crippen LogP contribution >= 0.6 is 0 Å². The van der Waals surface area contributed by atoms with Crippen LogP contribution in [0.4, 0.5) is 0 Å². The van der Waals surface area contributed by atoms with E-state index in [1.54, 1.807) is 20.2 Å². The second-order valence-corrected chi connectivity index (χ2v) is 2.18. The molecule has 12 heavy (non-hydrogen) atoms. The van der Waals surface area contributed by atoms with Crippen LogP contribution in [0.5, 0.6) is 0 Å². The van der Waals surface area contributed by atoms with Gasteiger partial charge >= 0.3 is 0 Å². The predicted molar refractivity (Wildman–Crippen MR) is 49.2 cm³/mol. The third kappa shape index (κ3) is 4.87. The zero-order chi connectivity index (χ0) is 9.40. The fraction of sp³-hybridized carbons (Fsp3) is 0.625. The van der Waals surface area contributed by atoms with Gasteiger partial charge in [-0.15, -0.1) is 0 Å². The summed E-state index contributed by atoms with van der Waals surface area (Å²) < 4.78 is 5.14. The minimum Gasteiger partial charge on any atom is -0.474 e. The molecule has 0 aliphatic rings. The van der Waals surface area contributed by atoms with Crippen LogP contribution in [0.3, 0.4) is 0 Å². The lowest BCUT2D eigenvalue weighted by atomic mass is 10.5. The molecule has 0 spiro atoms. The molecule has 1 unspecified atom stereocenters. The van der Waals surface area contributed by atoms with Crippen molar-refractivity contribution in [1.82, 2.24) is 5.32 Å². The molecule has 0 radical (unpaired) electrons. The van der Waals surface area contributed by atoms with Crippen molar-refractivity contribution in [3.05, 3.63) is 12.2 Å². The van der Waals surface area contributed by atoms with Crippen molar-refractivity contribution in [1.29, 1.82) is 0 Å². The van der Waals surface area contributed by atoms with Crippen LogP contribution in [0.1, 0.15) is 6.92 Å². The Bertz CT molecular complexity index is 166. The van der Waals surface area contributed by atoms with E-state index in [0.717, 1.165) is 0 Å². The number of hydrogen-bond donors (Lipinski definition) is 2. The van der Waals surface area contributed by atoms with Gasteiger partial charge in [0, 0.05) is 7.05 Å². The maximum absolute atomic E-state index is 9.06. The molecule has 0 aliphatic heterocycles. The summed E-state index contributed by atoms with van der Waals surface area (Å²) in [6, 6.07) is 0. The number of hydrogen-bond acceptors (Lipinski definition) is 4. The van der Waals surface area contributed by atoms with Crippen molar-refractivity contribution in [2.75, 3.05) is 20.7 Å². The zero-order valence-electron chi connectivity index (χ0n) is 7.74. The second-order valence-electron chi connectivity index (χ2n) is 2.18. The molecule has 1 atom stereocenters. The standard InChI is InChI=1S/C8H16N2O2/c1-4-5-8(10-3)12-6-7(11)9-2/h4-5,7,9,11H,6H2,1-3H3/b5-4-,10-8?. The Morgan fingerprint density at radius 3 is 2.83 bits per heavy atom. The monoisotopic (exact) mass is 172 g/mol. The Kier molecular flexibility index (Phi) is 6.32. The third-order valence-corrected chi connectivity index (χ3v) is 1.25. The number of nitrogens with one attached hydrogen (secondary N) is 1. The normalized spacial score (nSPS) is 15.2. The largest absolute Gasteiger partial charge is 0.474 e. The first-order chi connectivity index (χ1) is 5.74. The number of nitrogens with zero attached hydrogens (tertiary/aromatic N) is 1. The molecule has 0 rings (SSSR count). The van der Waals surface area contributed by atoms with Crippen LogP contribution in [-0.4, -0.2) is 37.9 Å². The lowest BCUT2D eigenvalue weighted by Gasteiger charge is -2.10. The summed E-state index contributed by atoms with van der Waals surface area (Å²) in [6.45, 7) is 2.08. The van der Waals surface area contributed by atoms with Crippen LogP contribution in [0.25, 0.3) is 0 Å². The highest BCUT2D eigenvalue weighted by atomic mass is 16.5. The summed E-state index contributed by atoms with van der Waals surface area (Å²) in [5, 5.41) is 11.7. The molecule has 0 bridgehead atoms. The van der Waals surface area contributed by atoms with Gasteiger partial charge < -0.3 is 9.84 Å². The van der Waals surface area contributed by atoms with Crippen LogP contribution < -0.4 is 5.32 Å². The summed E-state index contributed by atoms with van der Waals surface area (Å²) in [5.41, 5.74) is 0. The summed E-state index contributed by atoms with van der Waals surface area (Å²) in [6.07, 6.45) is 2.92. The van der Waals surface area contributed by atoms with Crippen LogP contribution in [0.2, 0.25) is 0 Å². The van der Waals surface area contributed by atoms with Crippen LogP contribution in [-0.2, 0) is 4.74 Å². The Morgan fingerprint density at radius 1 is 1.75 bits per heavy atom.